The zero-order chi connectivity index (χ0) is 23.7. The Morgan fingerprint density at radius 2 is 1.88 bits per heavy atom. The number of rotatable bonds is 4. The van der Waals surface area contributed by atoms with Crippen LogP contribution in [0.4, 0.5) is 23.7 Å². The van der Waals surface area contributed by atoms with Gasteiger partial charge in [-0.05, 0) is 44.9 Å². The van der Waals surface area contributed by atoms with Crippen LogP contribution in [0, 0.1) is 22.7 Å². The number of carbonyl (C=O) groups is 2. The molecule has 7 nitrogen and oxygen atoms in total. The van der Waals surface area contributed by atoms with Gasteiger partial charge in [-0.2, -0.15) is 18.4 Å². The molecular weight excluding hydrogens is 423 g/mol. The summed E-state index contributed by atoms with van der Waals surface area (Å²) in [7, 11) is 0. The summed E-state index contributed by atoms with van der Waals surface area (Å²) < 4.78 is 40.0. The van der Waals surface area contributed by atoms with Crippen LogP contribution in [0.15, 0.2) is 18.2 Å². The number of halogens is 3. The average Bonchev–Trinajstić information content (AvgIpc) is 3.13. The number of amides is 3. The first-order valence-corrected chi connectivity index (χ1v) is 10.8. The van der Waals surface area contributed by atoms with E-state index in [1.54, 1.807) is 15.9 Å². The third kappa shape index (κ3) is 4.33. The van der Waals surface area contributed by atoms with Gasteiger partial charge < -0.3 is 20.4 Å². The molecule has 0 bridgehead atoms. The van der Waals surface area contributed by atoms with Gasteiger partial charge in [0, 0.05) is 50.4 Å². The van der Waals surface area contributed by atoms with Crippen molar-refractivity contribution in [1.82, 2.24) is 9.80 Å². The molecule has 2 fully saturated rings. The smallest absolute Gasteiger partial charge is 0.371 e. The van der Waals surface area contributed by atoms with Gasteiger partial charge in [0.1, 0.15) is 0 Å². The van der Waals surface area contributed by atoms with Crippen LogP contribution in [-0.4, -0.2) is 61.0 Å². The maximum atomic E-state index is 13.3. The van der Waals surface area contributed by atoms with E-state index in [9.17, 15) is 22.8 Å². The lowest BCUT2D eigenvalue weighted by atomic mass is 9.70. The van der Waals surface area contributed by atoms with E-state index in [1.807, 2.05) is 18.7 Å². The summed E-state index contributed by atoms with van der Waals surface area (Å²) in [5.74, 6) is -0.943. The summed E-state index contributed by atoms with van der Waals surface area (Å²) in [5, 5.41) is 9.00. The number of nitrogens with zero attached hydrogens (tertiary/aromatic N) is 4. The fraction of sp³-hybridized carbons (Fsp3) is 0.591. The molecular formula is C22H28F3N5O2. The van der Waals surface area contributed by atoms with Gasteiger partial charge in [-0.25, -0.2) is 4.79 Å². The Kier molecular flexibility index (Phi) is 6.58. The van der Waals surface area contributed by atoms with Crippen molar-refractivity contribution in [2.24, 2.45) is 17.1 Å². The number of carbonyl (C=O) groups excluding carboxylic acids is 2. The molecule has 1 atom stereocenters. The Labute approximate surface area is 185 Å². The van der Waals surface area contributed by atoms with Crippen molar-refractivity contribution < 1.29 is 22.8 Å². The monoisotopic (exact) mass is 451 g/mol. The van der Waals surface area contributed by atoms with Crippen LogP contribution >= 0.6 is 0 Å². The predicted molar refractivity (Wildman–Crippen MR) is 113 cm³/mol. The van der Waals surface area contributed by atoms with Crippen LogP contribution < -0.4 is 10.6 Å². The predicted octanol–water partition coefficient (Wildman–Crippen LogP) is 3.04. The van der Waals surface area contributed by atoms with Crippen LogP contribution in [0.3, 0.4) is 0 Å². The molecule has 2 N–H and O–H groups in total. The van der Waals surface area contributed by atoms with Crippen LogP contribution in [0.1, 0.15) is 37.8 Å². The second kappa shape index (κ2) is 8.88. The minimum Gasteiger partial charge on any atom is -0.371 e. The number of hydrogen-bond donors (Lipinski definition) is 1. The minimum atomic E-state index is -4.62. The molecule has 10 heteroatoms. The number of nitrogens with two attached hydrogens (primary N) is 1. The van der Waals surface area contributed by atoms with Crippen molar-refractivity contribution in [3.8, 4) is 6.07 Å². The summed E-state index contributed by atoms with van der Waals surface area (Å²) in [4.78, 5) is 30.3. The zero-order valence-electron chi connectivity index (χ0n) is 18.3. The number of primary amides is 1. The van der Waals surface area contributed by atoms with E-state index in [4.69, 9.17) is 11.0 Å². The van der Waals surface area contributed by atoms with Gasteiger partial charge >= 0.3 is 12.2 Å². The molecule has 0 saturated carbocycles. The van der Waals surface area contributed by atoms with E-state index in [0.717, 1.165) is 6.07 Å². The van der Waals surface area contributed by atoms with E-state index < -0.39 is 34.5 Å². The maximum absolute atomic E-state index is 13.3. The molecule has 174 valence electrons. The first-order chi connectivity index (χ1) is 15.1. The quantitative estimate of drug-likeness (QED) is 0.762. The Balaban J connectivity index is 1.79. The molecule has 1 aromatic carbocycles. The number of hydrogen-bond acceptors (Lipinski definition) is 4. The molecule has 1 aromatic rings. The maximum Gasteiger partial charge on any atom is 0.417 e. The van der Waals surface area contributed by atoms with E-state index in [0.29, 0.717) is 51.3 Å². The van der Waals surface area contributed by atoms with E-state index in [-0.39, 0.29) is 12.6 Å². The largest absolute Gasteiger partial charge is 0.417 e. The van der Waals surface area contributed by atoms with E-state index in [2.05, 4.69) is 0 Å². The van der Waals surface area contributed by atoms with Crippen LogP contribution in [-0.2, 0) is 11.0 Å². The molecule has 2 heterocycles. The fourth-order valence-electron chi connectivity index (χ4n) is 4.98. The molecule has 2 aliphatic heterocycles. The van der Waals surface area contributed by atoms with Crippen molar-refractivity contribution in [1.29, 1.82) is 5.26 Å². The van der Waals surface area contributed by atoms with Gasteiger partial charge in [-0.1, -0.05) is 0 Å². The summed E-state index contributed by atoms with van der Waals surface area (Å²) in [5.41, 5.74) is 4.23. The molecule has 1 unspecified atom stereocenters. The Morgan fingerprint density at radius 3 is 2.38 bits per heavy atom. The molecule has 0 aliphatic carbocycles. The van der Waals surface area contributed by atoms with E-state index >= 15 is 0 Å². The van der Waals surface area contributed by atoms with Gasteiger partial charge in [-0.3, -0.25) is 4.79 Å². The molecule has 1 spiro atoms. The Hall–Kier alpha value is -2.96. The number of benzene rings is 1. The Morgan fingerprint density at radius 1 is 1.25 bits per heavy atom. The highest BCUT2D eigenvalue weighted by Gasteiger charge is 2.52. The first-order valence-electron chi connectivity index (χ1n) is 10.8. The van der Waals surface area contributed by atoms with Crippen LogP contribution in [0.5, 0.6) is 0 Å². The summed E-state index contributed by atoms with van der Waals surface area (Å²) in [6, 6.07) is 5.18. The first kappa shape index (κ1) is 23.7. The highest BCUT2D eigenvalue weighted by Crippen LogP contribution is 2.46. The number of piperidine rings is 1. The number of urea groups is 1. The molecule has 3 rings (SSSR count). The number of likely N-dealkylation sites (tertiary alicyclic amines) is 1. The second-order valence-electron chi connectivity index (χ2n) is 8.48. The Bertz CT molecular complexity index is 915. The highest BCUT2D eigenvalue weighted by atomic mass is 19.4. The average molecular weight is 451 g/mol. The topological polar surface area (TPSA) is 93.7 Å². The van der Waals surface area contributed by atoms with Crippen molar-refractivity contribution in [3.05, 3.63) is 29.3 Å². The fourth-order valence-corrected chi connectivity index (χ4v) is 4.98. The normalized spacial score (nSPS) is 20.3. The van der Waals surface area contributed by atoms with E-state index in [1.165, 1.54) is 12.1 Å². The van der Waals surface area contributed by atoms with Crippen LogP contribution in [0.25, 0.3) is 0 Å². The number of nitriles is 1. The van der Waals surface area contributed by atoms with Gasteiger partial charge in [0.25, 0.3) is 0 Å². The molecule has 0 aromatic heterocycles. The molecule has 2 saturated heterocycles. The van der Waals surface area contributed by atoms with Crippen molar-refractivity contribution in [2.45, 2.75) is 32.9 Å². The lowest BCUT2D eigenvalue weighted by Gasteiger charge is -2.42. The van der Waals surface area contributed by atoms with Crippen molar-refractivity contribution in [3.63, 3.8) is 0 Å². The lowest BCUT2D eigenvalue weighted by molar-refractivity contribution is -0.137. The molecule has 3 amide bonds. The zero-order valence-corrected chi connectivity index (χ0v) is 18.3. The summed E-state index contributed by atoms with van der Waals surface area (Å²) in [6.45, 7) is 6.45. The van der Waals surface area contributed by atoms with Crippen molar-refractivity contribution in [2.75, 3.05) is 44.2 Å². The highest BCUT2D eigenvalue weighted by molar-refractivity contribution is 5.81. The molecule has 0 radical (unpaired) electrons. The van der Waals surface area contributed by atoms with Crippen LogP contribution in [0.2, 0.25) is 0 Å². The standard InChI is InChI=1S/C22H28F3N5O2/c1-3-28(4-2)20(32)30-13-18(19(27)31)21(14-30)7-9-29(10-8-21)16-6-5-15(12-26)17(11-16)22(23,24)25/h5-6,11,18H,3-4,7-10,13-14H2,1-2H3,(H2,27,31). The van der Waals surface area contributed by atoms with Gasteiger partial charge in [0.15, 0.2) is 0 Å². The summed E-state index contributed by atoms with van der Waals surface area (Å²) in [6.07, 6.45) is -3.56. The number of anilines is 1. The second-order valence-corrected chi connectivity index (χ2v) is 8.48. The molecule has 2 aliphatic rings. The number of alkyl halides is 3. The van der Waals surface area contributed by atoms with Gasteiger partial charge in [0.05, 0.1) is 23.1 Å². The molecule has 32 heavy (non-hydrogen) atoms. The third-order valence-corrected chi connectivity index (χ3v) is 6.85. The van der Waals surface area contributed by atoms with Gasteiger partial charge in [-0.15, -0.1) is 0 Å². The lowest BCUT2D eigenvalue weighted by Crippen LogP contribution is -2.48. The summed E-state index contributed by atoms with van der Waals surface area (Å²) >= 11 is 0. The van der Waals surface area contributed by atoms with Crippen molar-refractivity contribution >= 4 is 17.6 Å². The van der Waals surface area contributed by atoms with Gasteiger partial charge in [0.2, 0.25) is 5.91 Å². The SMILES string of the molecule is CCN(CC)C(=O)N1CC(C(N)=O)C2(CCN(c3ccc(C#N)c(C(F)(F)F)c3)CC2)C1. The minimum absolute atomic E-state index is 0.123. The third-order valence-electron chi connectivity index (χ3n) is 6.85.